The van der Waals surface area contributed by atoms with Gasteiger partial charge in [0.05, 0.1) is 5.54 Å². The molecule has 3 rings (SSSR count). The van der Waals surface area contributed by atoms with Crippen molar-refractivity contribution in [3.8, 4) is 0 Å². The molecule has 1 fully saturated rings. The summed E-state index contributed by atoms with van der Waals surface area (Å²) in [5.41, 5.74) is 0.422. The van der Waals surface area contributed by atoms with Crippen LogP contribution in [0.5, 0.6) is 0 Å². The molecular formula is C16H17BrN2O. The van der Waals surface area contributed by atoms with Crippen molar-refractivity contribution in [1.29, 1.82) is 0 Å². The van der Waals surface area contributed by atoms with Crippen LogP contribution in [0.4, 0.5) is 0 Å². The quantitative estimate of drug-likeness (QED) is 0.871. The van der Waals surface area contributed by atoms with Crippen LogP contribution in [0.2, 0.25) is 0 Å². The Kier molecular flexibility index (Phi) is 3.74. The molecule has 2 aromatic rings. The molecule has 20 heavy (non-hydrogen) atoms. The molecule has 1 aromatic heterocycles. The fourth-order valence-electron chi connectivity index (χ4n) is 2.94. The number of rotatable bonds is 3. The molecule has 1 amide bonds. The molecule has 0 atom stereocenters. The van der Waals surface area contributed by atoms with Gasteiger partial charge in [0, 0.05) is 16.9 Å². The number of hydrogen-bond donors (Lipinski definition) is 1. The van der Waals surface area contributed by atoms with Gasteiger partial charge in [-0.1, -0.05) is 53.0 Å². The number of aromatic nitrogens is 1. The second-order valence-electron chi connectivity index (χ2n) is 5.46. The summed E-state index contributed by atoms with van der Waals surface area (Å²) < 4.78 is 0. The highest BCUT2D eigenvalue weighted by molar-refractivity contribution is 9.09. The molecule has 1 aromatic carbocycles. The van der Waals surface area contributed by atoms with E-state index in [1.807, 2.05) is 30.3 Å². The molecule has 0 radical (unpaired) electrons. The minimum absolute atomic E-state index is 0.0665. The first-order valence-corrected chi connectivity index (χ1v) is 8.08. The lowest BCUT2D eigenvalue weighted by Crippen LogP contribution is -2.48. The number of carbonyl (C=O) groups excluding carboxylic acids is 1. The van der Waals surface area contributed by atoms with E-state index >= 15 is 0 Å². The van der Waals surface area contributed by atoms with Crippen molar-refractivity contribution in [3.05, 3.63) is 42.2 Å². The summed E-state index contributed by atoms with van der Waals surface area (Å²) >= 11 is 3.55. The van der Waals surface area contributed by atoms with Crippen LogP contribution in [0.25, 0.3) is 10.8 Å². The van der Waals surface area contributed by atoms with Crippen LogP contribution in [0.15, 0.2) is 36.5 Å². The van der Waals surface area contributed by atoms with Crippen LogP contribution < -0.4 is 5.32 Å². The zero-order valence-corrected chi connectivity index (χ0v) is 12.8. The lowest BCUT2D eigenvalue weighted by atomic mass is 10.00. The molecule has 0 bridgehead atoms. The highest BCUT2D eigenvalue weighted by Crippen LogP contribution is 2.31. The largest absolute Gasteiger partial charge is 0.344 e. The predicted octanol–water partition coefficient (Wildman–Crippen LogP) is 3.67. The van der Waals surface area contributed by atoms with Gasteiger partial charge in [0.1, 0.15) is 5.69 Å². The third-order valence-corrected chi connectivity index (χ3v) is 5.16. The second kappa shape index (κ2) is 5.52. The van der Waals surface area contributed by atoms with Gasteiger partial charge in [-0.15, -0.1) is 0 Å². The van der Waals surface area contributed by atoms with Crippen LogP contribution >= 0.6 is 15.9 Å². The van der Waals surface area contributed by atoms with Gasteiger partial charge in [0.2, 0.25) is 0 Å². The van der Waals surface area contributed by atoms with Gasteiger partial charge in [-0.3, -0.25) is 9.78 Å². The highest BCUT2D eigenvalue weighted by Gasteiger charge is 2.34. The number of fused-ring (bicyclic) bond motifs is 1. The minimum atomic E-state index is -0.101. The average molecular weight is 333 g/mol. The summed E-state index contributed by atoms with van der Waals surface area (Å²) in [6, 6.07) is 9.80. The van der Waals surface area contributed by atoms with Crippen molar-refractivity contribution in [1.82, 2.24) is 10.3 Å². The number of alkyl halides is 1. The van der Waals surface area contributed by atoms with Gasteiger partial charge in [0.15, 0.2) is 0 Å². The number of pyridine rings is 1. The summed E-state index contributed by atoms with van der Waals surface area (Å²) in [5.74, 6) is -0.0665. The van der Waals surface area contributed by atoms with Gasteiger partial charge < -0.3 is 5.32 Å². The van der Waals surface area contributed by atoms with E-state index in [0.717, 1.165) is 28.9 Å². The van der Waals surface area contributed by atoms with Crippen molar-refractivity contribution < 1.29 is 4.79 Å². The Morgan fingerprint density at radius 2 is 2.00 bits per heavy atom. The Labute approximate surface area is 126 Å². The maximum absolute atomic E-state index is 12.6. The smallest absolute Gasteiger partial charge is 0.270 e. The van der Waals surface area contributed by atoms with Crippen LogP contribution in [-0.2, 0) is 0 Å². The van der Waals surface area contributed by atoms with E-state index in [-0.39, 0.29) is 11.4 Å². The summed E-state index contributed by atoms with van der Waals surface area (Å²) in [5, 5.41) is 5.96. The SMILES string of the molecule is O=C(NC1(CBr)CCCC1)c1nccc2ccccc12. The number of nitrogens with zero attached hydrogens (tertiary/aromatic N) is 1. The van der Waals surface area contributed by atoms with Crippen molar-refractivity contribution in [2.45, 2.75) is 31.2 Å². The number of carbonyl (C=O) groups is 1. The summed E-state index contributed by atoms with van der Waals surface area (Å²) in [4.78, 5) is 16.9. The zero-order chi connectivity index (χ0) is 14.0. The highest BCUT2D eigenvalue weighted by atomic mass is 79.9. The Hall–Kier alpha value is -1.42. The Morgan fingerprint density at radius 1 is 1.25 bits per heavy atom. The number of hydrogen-bond acceptors (Lipinski definition) is 2. The van der Waals surface area contributed by atoms with Gasteiger partial charge in [-0.2, -0.15) is 0 Å². The molecule has 0 unspecified atom stereocenters. The fourth-order valence-corrected chi connectivity index (χ4v) is 3.65. The number of benzene rings is 1. The summed E-state index contributed by atoms with van der Waals surface area (Å²) in [6.45, 7) is 0. The van der Waals surface area contributed by atoms with E-state index in [1.54, 1.807) is 6.20 Å². The van der Waals surface area contributed by atoms with E-state index < -0.39 is 0 Å². The topological polar surface area (TPSA) is 42.0 Å². The summed E-state index contributed by atoms with van der Waals surface area (Å²) in [6.07, 6.45) is 6.12. The lowest BCUT2D eigenvalue weighted by Gasteiger charge is -2.28. The first kappa shape index (κ1) is 13.6. The molecule has 0 saturated heterocycles. The van der Waals surface area contributed by atoms with Crippen molar-refractivity contribution in [2.24, 2.45) is 0 Å². The Bertz CT molecular complexity index is 630. The average Bonchev–Trinajstić information content (AvgIpc) is 2.95. The van der Waals surface area contributed by atoms with E-state index in [4.69, 9.17) is 0 Å². The first-order valence-electron chi connectivity index (χ1n) is 6.96. The van der Waals surface area contributed by atoms with Crippen LogP contribution in [-0.4, -0.2) is 21.8 Å². The number of amides is 1. The monoisotopic (exact) mass is 332 g/mol. The Morgan fingerprint density at radius 3 is 2.75 bits per heavy atom. The van der Waals surface area contributed by atoms with Crippen molar-refractivity contribution in [3.63, 3.8) is 0 Å². The lowest BCUT2D eigenvalue weighted by molar-refractivity contribution is 0.0907. The third-order valence-electron chi connectivity index (χ3n) is 4.08. The maximum atomic E-state index is 12.6. The molecule has 0 aliphatic heterocycles. The number of nitrogens with one attached hydrogen (secondary N) is 1. The third kappa shape index (κ3) is 2.44. The second-order valence-corrected chi connectivity index (χ2v) is 6.02. The standard InChI is InChI=1S/C16H17BrN2O/c17-11-16(8-3-4-9-16)19-15(20)14-13-6-2-1-5-12(13)7-10-18-14/h1-2,5-7,10H,3-4,8-9,11H2,(H,19,20). The van der Waals surface area contributed by atoms with Gasteiger partial charge in [-0.25, -0.2) is 0 Å². The van der Waals surface area contributed by atoms with Gasteiger partial charge in [0.25, 0.3) is 5.91 Å². The molecule has 1 saturated carbocycles. The molecular weight excluding hydrogens is 316 g/mol. The van der Waals surface area contributed by atoms with Gasteiger partial charge >= 0.3 is 0 Å². The normalized spacial score (nSPS) is 17.2. The van der Waals surface area contributed by atoms with E-state index in [2.05, 4.69) is 26.2 Å². The van der Waals surface area contributed by atoms with Crippen LogP contribution in [0.1, 0.15) is 36.2 Å². The van der Waals surface area contributed by atoms with Gasteiger partial charge in [-0.05, 0) is 24.3 Å². The van der Waals surface area contributed by atoms with E-state index in [1.165, 1.54) is 12.8 Å². The molecule has 1 aliphatic carbocycles. The minimum Gasteiger partial charge on any atom is -0.344 e. The molecule has 104 valence electrons. The summed E-state index contributed by atoms with van der Waals surface area (Å²) in [7, 11) is 0. The molecule has 0 spiro atoms. The number of halogens is 1. The molecule has 1 N–H and O–H groups in total. The van der Waals surface area contributed by atoms with Crippen molar-refractivity contribution in [2.75, 3.05) is 5.33 Å². The fraction of sp³-hybridized carbons (Fsp3) is 0.375. The molecule has 1 heterocycles. The molecule has 1 aliphatic rings. The zero-order valence-electron chi connectivity index (χ0n) is 11.2. The first-order chi connectivity index (χ1) is 9.74. The van der Waals surface area contributed by atoms with E-state index in [9.17, 15) is 4.79 Å². The van der Waals surface area contributed by atoms with Crippen LogP contribution in [0, 0.1) is 0 Å². The van der Waals surface area contributed by atoms with Crippen LogP contribution in [0.3, 0.4) is 0 Å². The maximum Gasteiger partial charge on any atom is 0.270 e. The predicted molar refractivity (Wildman–Crippen MR) is 84.2 cm³/mol. The van der Waals surface area contributed by atoms with E-state index in [0.29, 0.717) is 5.69 Å². The van der Waals surface area contributed by atoms with Crippen molar-refractivity contribution >= 4 is 32.6 Å². The Balaban J connectivity index is 1.93. The molecule has 3 nitrogen and oxygen atoms in total. The molecule has 4 heteroatoms.